The molecule has 1 atom stereocenters. The fourth-order valence-corrected chi connectivity index (χ4v) is 3.73. The van der Waals surface area contributed by atoms with Gasteiger partial charge in [0.05, 0.1) is 4.47 Å². The summed E-state index contributed by atoms with van der Waals surface area (Å²) < 4.78 is 6.96. The van der Waals surface area contributed by atoms with Crippen LogP contribution in [-0.2, 0) is 12.8 Å². The first-order valence-electron chi connectivity index (χ1n) is 6.91. The first-order chi connectivity index (χ1) is 8.72. The minimum atomic E-state index is 0.324. The van der Waals surface area contributed by atoms with Crippen molar-refractivity contribution in [2.45, 2.75) is 38.7 Å². The van der Waals surface area contributed by atoms with Gasteiger partial charge in [0, 0.05) is 6.42 Å². The van der Waals surface area contributed by atoms with Gasteiger partial charge in [-0.25, -0.2) is 0 Å². The van der Waals surface area contributed by atoms with Gasteiger partial charge in [-0.05, 0) is 78.3 Å². The van der Waals surface area contributed by atoms with Crippen LogP contribution in [0.15, 0.2) is 16.6 Å². The van der Waals surface area contributed by atoms with Crippen molar-refractivity contribution in [3.63, 3.8) is 0 Å². The highest BCUT2D eigenvalue weighted by Gasteiger charge is 2.23. The third-order valence-electron chi connectivity index (χ3n) is 3.99. The van der Waals surface area contributed by atoms with Crippen LogP contribution in [0, 0.1) is 5.92 Å². The van der Waals surface area contributed by atoms with Crippen molar-refractivity contribution in [2.75, 3.05) is 13.1 Å². The number of fused-ring (bicyclic) bond motifs is 1. The second-order valence-corrected chi connectivity index (χ2v) is 6.45. The topological polar surface area (TPSA) is 21.3 Å². The normalized spacial score (nSPS) is 23.8. The third kappa shape index (κ3) is 2.57. The molecule has 1 N–H and O–H groups in total. The average Bonchev–Trinajstić information content (AvgIpc) is 2.72. The van der Waals surface area contributed by atoms with Crippen molar-refractivity contribution < 1.29 is 4.74 Å². The van der Waals surface area contributed by atoms with E-state index in [1.54, 1.807) is 0 Å². The number of hydrogen-bond acceptors (Lipinski definition) is 2. The summed E-state index contributed by atoms with van der Waals surface area (Å²) in [5.41, 5.74) is 2.84. The molecule has 1 aromatic rings. The van der Waals surface area contributed by atoms with Gasteiger partial charge in [0.2, 0.25) is 0 Å². The highest BCUT2D eigenvalue weighted by molar-refractivity contribution is 9.10. The SMILES string of the molecule is CC1Cc2cc(CC3CCNCC3)cc(Br)c2O1. The molecule has 0 spiro atoms. The fraction of sp³-hybridized carbons (Fsp3) is 0.600. The second kappa shape index (κ2) is 5.22. The minimum absolute atomic E-state index is 0.324. The predicted octanol–water partition coefficient (Wildman–Crippen LogP) is 3.31. The maximum atomic E-state index is 5.83. The van der Waals surface area contributed by atoms with Crippen LogP contribution in [0.25, 0.3) is 0 Å². The summed E-state index contributed by atoms with van der Waals surface area (Å²) >= 11 is 3.65. The molecule has 0 saturated carbocycles. The molecule has 2 nitrogen and oxygen atoms in total. The zero-order chi connectivity index (χ0) is 12.5. The van der Waals surface area contributed by atoms with Crippen molar-refractivity contribution in [2.24, 2.45) is 5.92 Å². The van der Waals surface area contributed by atoms with Crippen molar-refractivity contribution in [3.8, 4) is 5.75 Å². The summed E-state index contributed by atoms with van der Waals surface area (Å²) in [6, 6.07) is 4.60. The van der Waals surface area contributed by atoms with Crippen LogP contribution in [0.5, 0.6) is 5.75 Å². The molecule has 1 fully saturated rings. The fourth-order valence-electron chi connectivity index (χ4n) is 3.09. The lowest BCUT2D eigenvalue weighted by molar-refractivity contribution is 0.253. The Morgan fingerprint density at radius 3 is 2.89 bits per heavy atom. The summed E-state index contributed by atoms with van der Waals surface area (Å²) in [6.45, 7) is 4.49. The largest absolute Gasteiger partial charge is 0.489 e. The van der Waals surface area contributed by atoms with Gasteiger partial charge in [0.25, 0.3) is 0 Å². The Balaban J connectivity index is 1.77. The molecule has 18 heavy (non-hydrogen) atoms. The first-order valence-corrected chi connectivity index (χ1v) is 7.70. The molecule has 2 aliphatic heterocycles. The predicted molar refractivity (Wildman–Crippen MR) is 77.2 cm³/mol. The molecular formula is C15H20BrNO. The van der Waals surface area contributed by atoms with Crippen molar-refractivity contribution in [1.29, 1.82) is 0 Å². The van der Waals surface area contributed by atoms with E-state index in [-0.39, 0.29) is 0 Å². The average molecular weight is 310 g/mol. The maximum Gasteiger partial charge on any atom is 0.137 e. The number of rotatable bonds is 2. The van der Waals surface area contributed by atoms with Gasteiger partial charge in [0.15, 0.2) is 0 Å². The van der Waals surface area contributed by atoms with Gasteiger partial charge in [-0.2, -0.15) is 0 Å². The van der Waals surface area contributed by atoms with E-state index in [1.165, 1.54) is 43.5 Å². The Labute approximate surface area is 117 Å². The lowest BCUT2D eigenvalue weighted by atomic mass is 9.90. The number of nitrogens with one attached hydrogen (secondary N) is 1. The van der Waals surface area contributed by atoms with Gasteiger partial charge in [-0.1, -0.05) is 6.07 Å². The zero-order valence-electron chi connectivity index (χ0n) is 10.8. The van der Waals surface area contributed by atoms with E-state index in [1.807, 2.05) is 0 Å². The zero-order valence-corrected chi connectivity index (χ0v) is 12.4. The van der Waals surface area contributed by atoms with E-state index < -0.39 is 0 Å². The van der Waals surface area contributed by atoms with E-state index in [0.717, 1.165) is 22.6 Å². The molecule has 0 bridgehead atoms. The summed E-state index contributed by atoms with van der Waals surface area (Å²) in [6.07, 6.45) is 5.20. The van der Waals surface area contributed by atoms with Gasteiger partial charge in [-0.15, -0.1) is 0 Å². The van der Waals surface area contributed by atoms with E-state index >= 15 is 0 Å². The Hall–Kier alpha value is -0.540. The molecule has 2 aliphatic rings. The summed E-state index contributed by atoms with van der Waals surface area (Å²) in [7, 11) is 0. The standard InChI is InChI=1S/C15H20BrNO/c1-10-6-13-8-12(9-14(16)15(13)18-10)7-11-2-4-17-5-3-11/h8-11,17H,2-7H2,1H3. The molecule has 0 aliphatic carbocycles. The van der Waals surface area contributed by atoms with Gasteiger partial charge >= 0.3 is 0 Å². The number of benzene rings is 1. The van der Waals surface area contributed by atoms with E-state index in [9.17, 15) is 0 Å². The van der Waals surface area contributed by atoms with Crippen LogP contribution in [0.3, 0.4) is 0 Å². The molecule has 1 unspecified atom stereocenters. The minimum Gasteiger partial charge on any atom is -0.489 e. The van der Waals surface area contributed by atoms with E-state index in [4.69, 9.17) is 4.74 Å². The quantitative estimate of drug-likeness (QED) is 0.905. The monoisotopic (exact) mass is 309 g/mol. The van der Waals surface area contributed by atoms with Crippen LogP contribution in [0.2, 0.25) is 0 Å². The summed E-state index contributed by atoms with van der Waals surface area (Å²) in [4.78, 5) is 0. The molecular weight excluding hydrogens is 290 g/mol. The number of ether oxygens (including phenoxy) is 1. The van der Waals surface area contributed by atoms with Crippen LogP contribution in [-0.4, -0.2) is 19.2 Å². The number of halogens is 1. The Morgan fingerprint density at radius 2 is 2.11 bits per heavy atom. The van der Waals surface area contributed by atoms with Crippen LogP contribution < -0.4 is 10.1 Å². The van der Waals surface area contributed by atoms with Gasteiger partial charge in [-0.3, -0.25) is 0 Å². The van der Waals surface area contributed by atoms with Gasteiger partial charge < -0.3 is 10.1 Å². The molecule has 1 aromatic carbocycles. The summed E-state index contributed by atoms with van der Waals surface area (Å²) in [5, 5.41) is 3.43. The second-order valence-electron chi connectivity index (χ2n) is 5.60. The number of hydrogen-bond donors (Lipinski definition) is 1. The summed E-state index contributed by atoms with van der Waals surface area (Å²) in [5.74, 6) is 1.91. The highest BCUT2D eigenvalue weighted by Crippen LogP contribution is 2.37. The van der Waals surface area contributed by atoms with Crippen LogP contribution in [0.1, 0.15) is 30.9 Å². The molecule has 2 heterocycles. The molecule has 0 aromatic heterocycles. The smallest absolute Gasteiger partial charge is 0.137 e. The molecule has 98 valence electrons. The highest BCUT2D eigenvalue weighted by atomic mass is 79.9. The van der Waals surface area contributed by atoms with Crippen molar-refractivity contribution in [1.82, 2.24) is 5.32 Å². The Bertz CT molecular complexity index is 440. The Morgan fingerprint density at radius 1 is 1.33 bits per heavy atom. The molecule has 0 radical (unpaired) electrons. The third-order valence-corrected chi connectivity index (χ3v) is 4.58. The maximum absolute atomic E-state index is 5.83. The lowest BCUT2D eigenvalue weighted by Gasteiger charge is -2.22. The van der Waals surface area contributed by atoms with Crippen molar-refractivity contribution >= 4 is 15.9 Å². The van der Waals surface area contributed by atoms with Crippen LogP contribution in [0.4, 0.5) is 0 Å². The lowest BCUT2D eigenvalue weighted by Crippen LogP contribution is -2.28. The van der Waals surface area contributed by atoms with E-state index in [2.05, 4.69) is 40.3 Å². The molecule has 3 rings (SSSR count). The number of piperidine rings is 1. The van der Waals surface area contributed by atoms with E-state index in [0.29, 0.717) is 6.10 Å². The molecule has 0 amide bonds. The van der Waals surface area contributed by atoms with Crippen molar-refractivity contribution in [3.05, 3.63) is 27.7 Å². The Kier molecular flexibility index (Phi) is 3.62. The first kappa shape index (κ1) is 12.5. The molecule has 3 heteroatoms. The molecule has 1 saturated heterocycles. The van der Waals surface area contributed by atoms with Crippen LogP contribution >= 0.6 is 15.9 Å². The van der Waals surface area contributed by atoms with Gasteiger partial charge in [0.1, 0.15) is 11.9 Å².